The standard InChI is InChI=1S/C21H25N3O4/c1-13-19(26)18(24-21(28)22-13)20(27)23-16-9-7-15(8-10-16)12-17(25)11-14-5-3-2-4-6-14/h2-6,15-16,26H,1,7-12H2,(H,23,27)(H2,22,24,28). The molecular formula is C21H25N3O4. The summed E-state index contributed by atoms with van der Waals surface area (Å²) in [7, 11) is 0. The lowest BCUT2D eigenvalue weighted by molar-refractivity contribution is -0.121. The molecule has 7 heteroatoms. The first-order valence-electron chi connectivity index (χ1n) is 9.49. The summed E-state index contributed by atoms with van der Waals surface area (Å²) in [5.41, 5.74) is 0.843. The fourth-order valence-corrected chi connectivity index (χ4v) is 3.70. The highest BCUT2D eigenvalue weighted by Gasteiger charge is 2.29. The molecule has 3 rings (SSSR count). The molecule has 1 aromatic rings. The molecule has 0 radical (unpaired) electrons. The Labute approximate surface area is 163 Å². The van der Waals surface area contributed by atoms with Gasteiger partial charge in [-0.2, -0.15) is 0 Å². The summed E-state index contributed by atoms with van der Waals surface area (Å²) in [6, 6.07) is 9.07. The number of aliphatic hydroxyl groups excluding tert-OH is 1. The highest BCUT2D eigenvalue weighted by Crippen LogP contribution is 2.28. The number of hydrogen-bond donors (Lipinski definition) is 4. The van der Waals surface area contributed by atoms with Gasteiger partial charge in [-0.15, -0.1) is 0 Å². The largest absolute Gasteiger partial charge is 0.504 e. The number of carbonyl (C=O) groups excluding carboxylic acids is 3. The normalized spacial score (nSPS) is 22.3. The number of ketones is 1. The van der Waals surface area contributed by atoms with E-state index in [1.807, 2.05) is 30.3 Å². The van der Waals surface area contributed by atoms with Gasteiger partial charge in [0.1, 0.15) is 5.78 Å². The van der Waals surface area contributed by atoms with Crippen LogP contribution in [0.3, 0.4) is 0 Å². The van der Waals surface area contributed by atoms with Gasteiger partial charge in [0.2, 0.25) is 0 Å². The average Bonchev–Trinajstić information content (AvgIpc) is 2.67. The summed E-state index contributed by atoms with van der Waals surface area (Å²) in [5.74, 6) is -0.325. The minimum Gasteiger partial charge on any atom is -0.504 e. The zero-order valence-corrected chi connectivity index (χ0v) is 15.7. The van der Waals surface area contributed by atoms with Crippen LogP contribution in [0.25, 0.3) is 0 Å². The molecule has 0 saturated heterocycles. The fourth-order valence-electron chi connectivity index (χ4n) is 3.70. The Balaban J connectivity index is 1.46. The molecule has 0 bridgehead atoms. The monoisotopic (exact) mass is 383 g/mol. The summed E-state index contributed by atoms with van der Waals surface area (Å²) in [5, 5.41) is 17.4. The Kier molecular flexibility index (Phi) is 6.13. The minimum absolute atomic E-state index is 0.00506. The van der Waals surface area contributed by atoms with Crippen molar-refractivity contribution in [2.75, 3.05) is 0 Å². The number of amides is 3. The highest BCUT2D eigenvalue weighted by atomic mass is 16.3. The zero-order chi connectivity index (χ0) is 20.1. The van der Waals surface area contributed by atoms with Crippen molar-refractivity contribution in [1.29, 1.82) is 0 Å². The third-order valence-electron chi connectivity index (χ3n) is 5.20. The smallest absolute Gasteiger partial charge is 0.324 e. The molecule has 0 atom stereocenters. The van der Waals surface area contributed by atoms with Crippen molar-refractivity contribution in [1.82, 2.24) is 16.0 Å². The molecule has 0 spiro atoms. The maximum Gasteiger partial charge on any atom is 0.324 e. The van der Waals surface area contributed by atoms with Gasteiger partial charge in [0.05, 0.1) is 5.70 Å². The number of Topliss-reactive ketones (excluding diaryl/α,β-unsaturated/α-hetero) is 1. The lowest BCUT2D eigenvalue weighted by atomic mass is 9.82. The SMILES string of the molecule is C=C1NC(=O)NC(C(=O)NC2CCC(CC(=O)Cc3ccccc3)CC2)=C1O. The van der Waals surface area contributed by atoms with Gasteiger partial charge in [-0.25, -0.2) is 4.79 Å². The number of aliphatic hydroxyl groups is 1. The van der Waals surface area contributed by atoms with Gasteiger partial charge < -0.3 is 15.7 Å². The Morgan fingerprint density at radius 1 is 1.11 bits per heavy atom. The van der Waals surface area contributed by atoms with Crippen LogP contribution in [-0.2, 0) is 16.0 Å². The molecule has 1 heterocycles. The van der Waals surface area contributed by atoms with E-state index in [-0.39, 0.29) is 29.0 Å². The lowest BCUT2D eigenvalue weighted by Crippen LogP contribution is -2.48. The number of hydrogen-bond acceptors (Lipinski definition) is 4. The van der Waals surface area contributed by atoms with Gasteiger partial charge in [-0.1, -0.05) is 36.9 Å². The van der Waals surface area contributed by atoms with E-state index >= 15 is 0 Å². The van der Waals surface area contributed by atoms with Gasteiger partial charge in [0.25, 0.3) is 5.91 Å². The summed E-state index contributed by atoms with van der Waals surface area (Å²) in [6.07, 6.45) is 4.26. The number of urea groups is 1. The third-order valence-corrected chi connectivity index (χ3v) is 5.20. The van der Waals surface area contributed by atoms with E-state index in [0.29, 0.717) is 18.8 Å². The summed E-state index contributed by atoms with van der Waals surface area (Å²) >= 11 is 0. The van der Waals surface area contributed by atoms with Crippen LogP contribution in [0.4, 0.5) is 4.79 Å². The molecule has 7 nitrogen and oxygen atoms in total. The van der Waals surface area contributed by atoms with E-state index in [0.717, 1.165) is 31.2 Å². The van der Waals surface area contributed by atoms with Crippen LogP contribution in [0.5, 0.6) is 0 Å². The van der Waals surface area contributed by atoms with E-state index in [2.05, 4.69) is 22.5 Å². The molecule has 1 aromatic carbocycles. The molecule has 1 aliphatic carbocycles. The van der Waals surface area contributed by atoms with Crippen molar-refractivity contribution >= 4 is 17.7 Å². The molecule has 4 N–H and O–H groups in total. The van der Waals surface area contributed by atoms with E-state index < -0.39 is 11.9 Å². The number of rotatable bonds is 6. The Hall–Kier alpha value is -3.09. The first kappa shape index (κ1) is 19.7. The molecule has 148 valence electrons. The summed E-state index contributed by atoms with van der Waals surface area (Å²) < 4.78 is 0. The van der Waals surface area contributed by atoms with Gasteiger partial charge in [-0.3, -0.25) is 14.9 Å². The van der Waals surface area contributed by atoms with Crippen LogP contribution in [0, 0.1) is 5.92 Å². The lowest BCUT2D eigenvalue weighted by Gasteiger charge is -2.29. The van der Waals surface area contributed by atoms with Crippen molar-refractivity contribution in [3.05, 3.63) is 59.6 Å². The molecule has 1 aliphatic heterocycles. The second-order valence-corrected chi connectivity index (χ2v) is 7.38. The topological polar surface area (TPSA) is 108 Å². The van der Waals surface area contributed by atoms with E-state index in [9.17, 15) is 19.5 Å². The van der Waals surface area contributed by atoms with Crippen LogP contribution in [0.15, 0.2) is 54.1 Å². The van der Waals surface area contributed by atoms with Gasteiger partial charge >= 0.3 is 6.03 Å². The highest BCUT2D eigenvalue weighted by molar-refractivity contribution is 6.00. The first-order valence-corrected chi connectivity index (χ1v) is 9.49. The molecule has 0 aromatic heterocycles. The molecule has 1 fully saturated rings. The number of nitrogens with one attached hydrogen (secondary N) is 3. The van der Waals surface area contributed by atoms with Gasteiger partial charge in [-0.05, 0) is 37.2 Å². The Bertz CT molecular complexity index is 808. The summed E-state index contributed by atoms with van der Waals surface area (Å²) in [6.45, 7) is 3.50. The zero-order valence-electron chi connectivity index (χ0n) is 15.7. The fraction of sp³-hybridized carbons (Fsp3) is 0.381. The quantitative estimate of drug-likeness (QED) is 0.605. The van der Waals surface area contributed by atoms with Gasteiger partial charge in [0.15, 0.2) is 11.5 Å². The maximum atomic E-state index is 12.4. The van der Waals surface area contributed by atoms with E-state index in [1.165, 1.54) is 0 Å². The number of carbonyl (C=O) groups is 3. The minimum atomic E-state index is -0.603. The predicted octanol–water partition coefficient (Wildman–Crippen LogP) is 2.46. The van der Waals surface area contributed by atoms with Crippen LogP contribution >= 0.6 is 0 Å². The maximum absolute atomic E-state index is 12.4. The second kappa shape index (κ2) is 8.73. The van der Waals surface area contributed by atoms with Crippen molar-refractivity contribution < 1.29 is 19.5 Å². The third kappa shape index (κ3) is 5.00. The molecule has 28 heavy (non-hydrogen) atoms. The van der Waals surface area contributed by atoms with Crippen LogP contribution in [0.1, 0.15) is 37.7 Å². The van der Waals surface area contributed by atoms with Gasteiger partial charge in [0, 0.05) is 18.9 Å². The van der Waals surface area contributed by atoms with Crippen molar-refractivity contribution in [2.24, 2.45) is 5.92 Å². The van der Waals surface area contributed by atoms with Crippen LogP contribution in [0.2, 0.25) is 0 Å². The molecule has 1 saturated carbocycles. The molecule has 3 amide bonds. The van der Waals surface area contributed by atoms with E-state index in [1.54, 1.807) is 0 Å². The Morgan fingerprint density at radius 2 is 1.79 bits per heavy atom. The van der Waals surface area contributed by atoms with Crippen LogP contribution < -0.4 is 16.0 Å². The van der Waals surface area contributed by atoms with Crippen molar-refractivity contribution in [3.63, 3.8) is 0 Å². The van der Waals surface area contributed by atoms with Crippen molar-refractivity contribution in [3.8, 4) is 0 Å². The van der Waals surface area contributed by atoms with Crippen LogP contribution in [-0.4, -0.2) is 28.9 Å². The predicted molar refractivity (Wildman–Crippen MR) is 104 cm³/mol. The Morgan fingerprint density at radius 3 is 2.46 bits per heavy atom. The molecule has 0 unspecified atom stereocenters. The first-order chi connectivity index (χ1) is 13.4. The molecular weight excluding hydrogens is 358 g/mol. The van der Waals surface area contributed by atoms with Crippen molar-refractivity contribution in [2.45, 2.75) is 44.6 Å². The van der Waals surface area contributed by atoms with E-state index in [4.69, 9.17) is 0 Å². The molecule has 2 aliphatic rings. The summed E-state index contributed by atoms with van der Waals surface area (Å²) in [4.78, 5) is 36.1. The second-order valence-electron chi connectivity index (χ2n) is 7.38. The number of benzene rings is 1. The average molecular weight is 383 g/mol.